The number of hydrogen-bond acceptors (Lipinski definition) is 9. The maximum absolute atomic E-state index is 12.3. The lowest BCUT2D eigenvalue weighted by molar-refractivity contribution is 0.0519. The van der Waals surface area contributed by atoms with Gasteiger partial charge in [-0.1, -0.05) is 25.1 Å². The average Bonchev–Trinajstić information content (AvgIpc) is 3.40. The van der Waals surface area contributed by atoms with Crippen LogP contribution in [0.3, 0.4) is 0 Å². The van der Waals surface area contributed by atoms with Crippen LogP contribution >= 0.6 is 0 Å². The fraction of sp³-hybridized carbons (Fsp3) is 0.357. The van der Waals surface area contributed by atoms with Gasteiger partial charge in [-0.3, -0.25) is 9.78 Å². The van der Waals surface area contributed by atoms with Crippen LogP contribution in [-0.4, -0.2) is 63.1 Å². The number of imidazole rings is 1. The second-order valence-electron chi connectivity index (χ2n) is 9.44. The van der Waals surface area contributed by atoms with E-state index in [9.17, 15) is 9.59 Å². The number of hydrogen-bond donors (Lipinski definition) is 2. The predicted molar refractivity (Wildman–Crippen MR) is 148 cm³/mol. The quantitative estimate of drug-likeness (QED) is 0.314. The maximum Gasteiger partial charge on any atom is 0.358 e. The molecule has 0 bridgehead atoms. The largest absolute Gasteiger partial charge is 0.461 e. The van der Waals surface area contributed by atoms with E-state index < -0.39 is 5.97 Å². The molecular weight excluding hydrogens is 496 g/mol. The molecule has 0 saturated heterocycles. The summed E-state index contributed by atoms with van der Waals surface area (Å²) in [6, 6.07) is 9.67. The van der Waals surface area contributed by atoms with E-state index in [1.807, 2.05) is 22.8 Å². The molecule has 1 aromatic carbocycles. The van der Waals surface area contributed by atoms with Crippen molar-refractivity contribution in [2.75, 3.05) is 37.0 Å². The molecule has 1 amide bonds. The second-order valence-corrected chi connectivity index (χ2v) is 9.44. The third-order valence-corrected chi connectivity index (χ3v) is 6.95. The van der Waals surface area contributed by atoms with E-state index >= 15 is 0 Å². The molecule has 4 aromatic rings. The molecule has 5 rings (SSSR count). The van der Waals surface area contributed by atoms with Crippen molar-refractivity contribution in [3.8, 4) is 0 Å². The molecule has 11 nitrogen and oxygen atoms in total. The highest BCUT2D eigenvalue weighted by Crippen LogP contribution is 2.28. The number of esters is 1. The Morgan fingerprint density at radius 3 is 2.85 bits per heavy atom. The summed E-state index contributed by atoms with van der Waals surface area (Å²) in [6.07, 6.45) is 5.85. The minimum Gasteiger partial charge on any atom is -0.461 e. The van der Waals surface area contributed by atoms with E-state index in [4.69, 9.17) is 4.74 Å². The Morgan fingerprint density at radius 1 is 1.15 bits per heavy atom. The van der Waals surface area contributed by atoms with Gasteiger partial charge in [-0.05, 0) is 30.9 Å². The number of nitrogens with one attached hydrogen (secondary N) is 2. The number of benzene rings is 1. The number of fused-ring (bicyclic) bond motifs is 2. The Labute approximate surface area is 226 Å². The summed E-state index contributed by atoms with van der Waals surface area (Å²) in [7, 11) is 1.63. The van der Waals surface area contributed by atoms with Crippen LogP contribution in [0, 0.1) is 0 Å². The van der Waals surface area contributed by atoms with E-state index in [1.165, 1.54) is 0 Å². The summed E-state index contributed by atoms with van der Waals surface area (Å²) in [4.78, 5) is 44.4. The molecule has 0 aliphatic carbocycles. The van der Waals surface area contributed by atoms with Crippen molar-refractivity contribution in [2.45, 2.75) is 39.3 Å². The van der Waals surface area contributed by atoms with Gasteiger partial charge in [0.25, 0.3) is 5.91 Å². The molecule has 0 radical (unpaired) electrons. The Kier molecular flexibility index (Phi) is 7.67. The molecule has 39 heavy (non-hydrogen) atoms. The monoisotopic (exact) mass is 528 g/mol. The number of amides is 1. The van der Waals surface area contributed by atoms with Crippen LogP contribution in [0.2, 0.25) is 0 Å². The van der Waals surface area contributed by atoms with Gasteiger partial charge < -0.3 is 24.8 Å². The van der Waals surface area contributed by atoms with Gasteiger partial charge in [0.05, 0.1) is 24.2 Å². The fourth-order valence-electron chi connectivity index (χ4n) is 4.87. The average molecular weight is 529 g/mol. The highest BCUT2D eigenvalue weighted by atomic mass is 16.5. The number of nitrogens with zero attached hydrogens (tertiary/aromatic N) is 6. The first-order chi connectivity index (χ1) is 19.0. The summed E-state index contributed by atoms with van der Waals surface area (Å²) >= 11 is 0. The van der Waals surface area contributed by atoms with Gasteiger partial charge >= 0.3 is 5.97 Å². The third-order valence-electron chi connectivity index (χ3n) is 6.95. The Hall–Kier alpha value is -4.54. The normalized spacial score (nSPS) is 13.6. The topological polar surface area (TPSA) is 127 Å². The molecular formula is C28H32N8O3. The first-order valence-corrected chi connectivity index (χ1v) is 13.1. The number of anilines is 2. The summed E-state index contributed by atoms with van der Waals surface area (Å²) in [5.41, 5.74) is 2.92. The van der Waals surface area contributed by atoms with Crippen molar-refractivity contribution in [3.63, 3.8) is 0 Å². The second kappa shape index (κ2) is 11.5. The fourth-order valence-corrected chi connectivity index (χ4v) is 4.87. The summed E-state index contributed by atoms with van der Waals surface area (Å²) in [6.45, 7) is 6.95. The standard InChI is InChI=1S/C28H32N8O3/c1-4-39-28(38)22-15-35-12-13-36(16-25(35)34-22)24-14-23(32-17-33-24)30-10-8-18(2)19-6-5-7-20-21(27(37)29-3)9-11-31-26(19)20/h5-7,9,11,14-15,17-18H,4,8,10,12-13,16H2,1-3H3,(H,29,37)(H,30,32,33). The number of carbonyl (C=O) groups is 2. The van der Waals surface area contributed by atoms with Gasteiger partial charge in [0, 0.05) is 50.5 Å². The van der Waals surface area contributed by atoms with E-state index in [0.717, 1.165) is 46.9 Å². The van der Waals surface area contributed by atoms with Crippen molar-refractivity contribution in [1.29, 1.82) is 0 Å². The zero-order valence-electron chi connectivity index (χ0n) is 22.3. The van der Waals surface area contributed by atoms with Crippen LogP contribution in [0.15, 0.2) is 49.1 Å². The zero-order chi connectivity index (χ0) is 27.4. The Morgan fingerprint density at radius 2 is 2.03 bits per heavy atom. The van der Waals surface area contributed by atoms with Crippen molar-refractivity contribution >= 4 is 34.4 Å². The van der Waals surface area contributed by atoms with Gasteiger partial charge in [0.1, 0.15) is 23.8 Å². The Bertz CT molecular complexity index is 1500. The van der Waals surface area contributed by atoms with Crippen LogP contribution in [0.4, 0.5) is 11.6 Å². The van der Waals surface area contributed by atoms with Crippen molar-refractivity contribution in [1.82, 2.24) is 29.8 Å². The molecule has 1 atom stereocenters. The maximum atomic E-state index is 12.3. The van der Waals surface area contributed by atoms with Crippen LogP contribution in [-0.2, 0) is 17.8 Å². The van der Waals surface area contributed by atoms with Gasteiger partial charge in [-0.25, -0.2) is 19.7 Å². The molecule has 4 heterocycles. The van der Waals surface area contributed by atoms with Crippen molar-refractivity contribution < 1.29 is 14.3 Å². The van der Waals surface area contributed by atoms with Crippen molar-refractivity contribution in [3.05, 3.63) is 71.7 Å². The van der Waals surface area contributed by atoms with Crippen LogP contribution in [0.5, 0.6) is 0 Å². The van der Waals surface area contributed by atoms with Gasteiger partial charge in [0.15, 0.2) is 5.69 Å². The number of aromatic nitrogens is 5. The van der Waals surface area contributed by atoms with Crippen LogP contribution in [0.1, 0.15) is 58.4 Å². The molecule has 1 aliphatic rings. The predicted octanol–water partition coefficient (Wildman–Crippen LogP) is 3.38. The molecule has 2 N–H and O–H groups in total. The van der Waals surface area contributed by atoms with E-state index in [-0.39, 0.29) is 11.8 Å². The van der Waals surface area contributed by atoms with Gasteiger partial charge in [-0.15, -0.1) is 0 Å². The number of rotatable bonds is 9. The zero-order valence-corrected chi connectivity index (χ0v) is 22.3. The SMILES string of the molecule is CCOC(=O)c1cn2c(n1)CN(c1cc(NCCC(C)c3cccc4c(C(=O)NC)ccnc34)ncn1)CC2. The van der Waals surface area contributed by atoms with Gasteiger partial charge in [0.2, 0.25) is 0 Å². The number of para-hydroxylation sites is 1. The lowest BCUT2D eigenvalue weighted by atomic mass is 9.94. The number of ether oxygens (including phenoxy) is 1. The number of pyridine rings is 1. The third kappa shape index (κ3) is 5.52. The van der Waals surface area contributed by atoms with Crippen LogP contribution in [0.25, 0.3) is 10.9 Å². The molecule has 0 saturated carbocycles. The smallest absolute Gasteiger partial charge is 0.358 e. The van der Waals surface area contributed by atoms with E-state index in [1.54, 1.807) is 38.8 Å². The first kappa shape index (κ1) is 26.1. The molecule has 1 unspecified atom stereocenters. The highest BCUT2D eigenvalue weighted by molar-refractivity contribution is 6.06. The minimum atomic E-state index is -0.403. The number of carbonyl (C=O) groups excluding carboxylic acids is 2. The Balaban J connectivity index is 1.23. The lowest BCUT2D eigenvalue weighted by Crippen LogP contribution is -2.34. The lowest BCUT2D eigenvalue weighted by Gasteiger charge is -2.28. The molecule has 11 heteroatoms. The first-order valence-electron chi connectivity index (χ1n) is 13.1. The molecule has 0 spiro atoms. The van der Waals surface area contributed by atoms with Crippen molar-refractivity contribution in [2.24, 2.45) is 0 Å². The molecule has 202 valence electrons. The summed E-state index contributed by atoms with van der Waals surface area (Å²) in [5.74, 6) is 2.03. The summed E-state index contributed by atoms with van der Waals surface area (Å²) < 4.78 is 7.07. The van der Waals surface area contributed by atoms with Gasteiger partial charge in [-0.2, -0.15) is 0 Å². The highest BCUT2D eigenvalue weighted by Gasteiger charge is 2.23. The van der Waals surface area contributed by atoms with E-state index in [0.29, 0.717) is 37.5 Å². The van der Waals surface area contributed by atoms with Crippen LogP contribution < -0.4 is 15.5 Å². The summed E-state index contributed by atoms with van der Waals surface area (Å²) in [5, 5.41) is 6.97. The molecule has 1 aliphatic heterocycles. The minimum absolute atomic E-state index is 0.120. The van der Waals surface area contributed by atoms with E-state index in [2.05, 4.69) is 48.5 Å². The molecule has 3 aromatic heterocycles. The molecule has 0 fully saturated rings.